The van der Waals surface area contributed by atoms with Crippen LogP contribution in [0.1, 0.15) is 15.9 Å². The average Bonchev–Trinajstić information content (AvgIpc) is 2.68. The van der Waals surface area contributed by atoms with Crippen molar-refractivity contribution in [1.82, 2.24) is 0 Å². The van der Waals surface area contributed by atoms with Gasteiger partial charge in [-0.1, -0.05) is 12.1 Å². The third-order valence-electron chi connectivity index (χ3n) is 3.62. The zero-order valence-corrected chi connectivity index (χ0v) is 16.0. The number of carbonyl (C=O) groups is 2. The van der Waals surface area contributed by atoms with Gasteiger partial charge < -0.3 is 19.5 Å². The van der Waals surface area contributed by atoms with Crippen LogP contribution in [-0.4, -0.2) is 39.0 Å². The van der Waals surface area contributed by atoms with E-state index < -0.39 is 5.97 Å². The Bertz CT molecular complexity index is 810. The maximum atomic E-state index is 12.9. The van der Waals surface area contributed by atoms with Gasteiger partial charge in [0.25, 0.3) is 0 Å². The van der Waals surface area contributed by atoms with Crippen LogP contribution in [0.25, 0.3) is 0 Å². The fourth-order valence-corrected chi connectivity index (χ4v) is 3.08. The van der Waals surface area contributed by atoms with E-state index in [9.17, 15) is 14.0 Å². The van der Waals surface area contributed by atoms with Crippen LogP contribution in [0.5, 0.6) is 11.5 Å². The molecule has 144 valence electrons. The van der Waals surface area contributed by atoms with Crippen molar-refractivity contribution in [3.05, 3.63) is 53.3 Å². The second kappa shape index (κ2) is 9.82. The first-order valence-corrected chi connectivity index (χ1v) is 9.10. The molecular weight excluding hydrogens is 373 g/mol. The Morgan fingerprint density at radius 2 is 1.67 bits per heavy atom. The van der Waals surface area contributed by atoms with Crippen molar-refractivity contribution < 1.29 is 28.2 Å². The van der Waals surface area contributed by atoms with Gasteiger partial charge in [-0.2, -0.15) is 0 Å². The largest absolute Gasteiger partial charge is 0.493 e. The van der Waals surface area contributed by atoms with Crippen LogP contribution in [0.15, 0.2) is 36.4 Å². The number of hydrogen-bond donors (Lipinski definition) is 1. The SMILES string of the molecule is COC(=O)c1cc(OC)c(OC)cc1NC(=O)CSCc1ccc(F)cc1. The molecule has 1 N–H and O–H groups in total. The van der Waals surface area contributed by atoms with Gasteiger partial charge in [-0.15, -0.1) is 11.8 Å². The summed E-state index contributed by atoms with van der Waals surface area (Å²) in [6.07, 6.45) is 0. The summed E-state index contributed by atoms with van der Waals surface area (Å²) in [6, 6.07) is 9.05. The highest BCUT2D eigenvalue weighted by atomic mass is 32.2. The number of anilines is 1. The quantitative estimate of drug-likeness (QED) is 0.692. The molecule has 0 aliphatic carbocycles. The van der Waals surface area contributed by atoms with E-state index in [1.165, 1.54) is 57.4 Å². The molecule has 0 radical (unpaired) electrons. The molecule has 0 bridgehead atoms. The third kappa shape index (κ3) is 5.62. The third-order valence-corrected chi connectivity index (χ3v) is 4.62. The van der Waals surface area contributed by atoms with Crippen LogP contribution < -0.4 is 14.8 Å². The highest BCUT2D eigenvalue weighted by Gasteiger charge is 2.19. The van der Waals surface area contributed by atoms with E-state index in [1.807, 2.05) is 0 Å². The lowest BCUT2D eigenvalue weighted by Crippen LogP contribution is -2.17. The number of benzene rings is 2. The van der Waals surface area contributed by atoms with Crippen molar-refractivity contribution in [2.24, 2.45) is 0 Å². The summed E-state index contributed by atoms with van der Waals surface area (Å²) in [5.41, 5.74) is 1.34. The number of halogens is 1. The predicted molar refractivity (Wildman–Crippen MR) is 102 cm³/mol. The molecule has 27 heavy (non-hydrogen) atoms. The minimum Gasteiger partial charge on any atom is -0.493 e. The van der Waals surface area contributed by atoms with Crippen molar-refractivity contribution in [3.63, 3.8) is 0 Å². The molecule has 2 rings (SSSR count). The highest BCUT2D eigenvalue weighted by molar-refractivity contribution is 7.99. The number of esters is 1. The number of hydrogen-bond acceptors (Lipinski definition) is 6. The molecule has 1 amide bonds. The number of methoxy groups -OCH3 is 3. The number of rotatable bonds is 8. The molecular formula is C19H20FNO5S. The van der Waals surface area contributed by atoms with Crippen LogP contribution >= 0.6 is 11.8 Å². The van der Waals surface area contributed by atoms with E-state index in [2.05, 4.69) is 5.32 Å². The van der Waals surface area contributed by atoms with E-state index in [1.54, 1.807) is 12.1 Å². The molecule has 2 aromatic rings. The van der Waals surface area contributed by atoms with Crippen molar-refractivity contribution in [1.29, 1.82) is 0 Å². The molecule has 8 heteroatoms. The van der Waals surface area contributed by atoms with Crippen molar-refractivity contribution in [2.75, 3.05) is 32.4 Å². The molecule has 0 unspecified atom stereocenters. The summed E-state index contributed by atoms with van der Waals surface area (Å²) < 4.78 is 28.0. The summed E-state index contributed by atoms with van der Waals surface area (Å²) in [4.78, 5) is 24.3. The maximum Gasteiger partial charge on any atom is 0.340 e. The van der Waals surface area contributed by atoms with Gasteiger partial charge in [-0.25, -0.2) is 9.18 Å². The highest BCUT2D eigenvalue weighted by Crippen LogP contribution is 2.33. The Balaban J connectivity index is 2.06. The van der Waals surface area contributed by atoms with Crippen LogP contribution in [0, 0.1) is 5.82 Å². The number of carbonyl (C=O) groups excluding carboxylic acids is 2. The summed E-state index contributed by atoms with van der Waals surface area (Å²) in [6.45, 7) is 0. The van der Waals surface area contributed by atoms with Gasteiger partial charge in [0.2, 0.25) is 5.91 Å². The number of amides is 1. The van der Waals surface area contributed by atoms with E-state index >= 15 is 0 Å². The lowest BCUT2D eigenvalue weighted by Gasteiger charge is -2.14. The standard InChI is InChI=1S/C19H20FNO5S/c1-24-16-8-14(19(23)26-3)15(9-17(16)25-2)21-18(22)11-27-10-12-4-6-13(20)7-5-12/h4-9H,10-11H2,1-3H3,(H,21,22). The Morgan fingerprint density at radius 1 is 1.04 bits per heavy atom. The number of thioether (sulfide) groups is 1. The molecule has 0 heterocycles. The maximum absolute atomic E-state index is 12.9. The zero-order chi connectivity index (χ0) is 19.8. The van der Waals surface area contributed by atoms with Gasteiger partial charge in [0.15, 0.2) is 11.5 Å². The fourth-order valence-electron chi connectivity index (χ4n) is 2.29. The number of nitrogens with one attached hydrogen (secondary N) is 1. The van der Waals surface area contributed by atoms with Crippen LogP contribution in [0.4, 0.5) is 10.1 Å². The first-order chi connectivity index (χ1) is 13.0. The predicted octanol–water partition coefficient (Wildman–Crippen LogP) is 3.50. The minimum atomic E-state index is -0.606. The first-order valence-electron chi connectivity index (χ1n) is 7.94. The van der Waals surface area contributed by atoms with Crippen LogP contribution in [0.2, 0.25) is 0 Å². The molecule has 0 saturated heterocycles. The Kier molecular flexibility index (Phi) is 7.48. The van der Waals surface area contributed by atoms with Gasteiger partial charge in [-0.3, -0.25) is 4.79 Å². The van der Waals surface area contributed by atoms with Crippen LogP contribution in [-0.2, 0) is 15.3 Å². The molecule has 6 nitrogen and oxygen atoms in total. The second-order valence-corrected chi connectivity index (χ2v) is 6.40. The summed E-state index contributed by atoms with van der Waals surface area (Å²) >= 11 is 1.37. The molecule has 0 aliphatic rings. The van der Waals surface area contributed by atoms with E-state index in [0.717, 1.165) is 5.56 Å². The van der Waals surface area contributed by atoms with Gasteiger partial charge in [0, 0.05) is 17.9 Å². The normalized spacial score (nSPS) is 10.2. The second-order valence-electron chi connectivity index (χ2n) is 5.41. The number of ether oxygens (including phenoxy) is 3. The van der Waals surface area contributed by atoms with E-state index in [-0.39, 0.29) is 28.7 Å². The molecule has 0 fully saturated rings. The van der Waals surface area contributed by atoms with E-state index in [4.69, 9.17) is 14.2 Å². The summed E-state index contributed by atoms with van der Waals surface area (Å²) in [5.74, 6) is 0.242. The lowest BCUT2D eigenvalue weighted by molar-refractivity contribution is -0.113. The summed E-state index contributed by atoms with van der Waals surface area (Å²) in [5, 5.41) is 2.69. The monoisotopic (exact) mass is 393 g/mol. The molecule has 0 aromatic heterocycles. The van der Waals surface area contributed by atoms with Gasteiger partial charge >= 0.3 is 5.97 Å². The Labute approximate surface area is 161 Å². The Hall–Kier alpha value is -2.74. The lowest BCUT2D eigenvalue weighted by atomic mass is 10.1. The summed E-state index contributed by atoms with van der Waals surface area (Å²) in [7, 11) is 4.16. The molecule has 0 atom stereocenters. The topological polar surface area (TPSA) is 73.9 Å². The van der Waals surface area contributed by atoms with Crippen molar-refractivity contribution >= 4 is 29.3 Å². The van der Waals surface area contributed by atoms with Crippen LogP contribution in [0.3, 0.4) is 0 Å². The van der Waals surface area contributed by atoms with E-state index in [0.29, 0.717) is 17.3 Å². The van der Waals surface area contributed by atoms with Gasteiger partial charge in [0.05, 0.1) is 38.3 Å². The zero-order valence-electron chi connectivity index (χ0n) is 15.2. The van der Waals surface area contributed by atoms with Crippen molar-refractivity contribution in [2.45, 2.75) is 5.75 Å². The van der Waals surface area contributed by atoms with Gasteiger partial charge in [-0.05, 0) is 17.7 Å². The van der Waals surface area contributed by atoms with Crippen molar-refractivity contribution in [3.8, 4) is 11.5 Å². The average molecular weight is 393 g/mol. The minimum absolute atomic E-state index is 0.159. The molecule has 0 aliphatic heterocycles. The van der Waals surface area contributed by atoms with Gasteiger partial charge in [0.1, 0.15) is 5.82 Å². The Morgan fingerprint density at radius 3 is 2.26 bits per heavy atom. The molecule has 0 spiro atoms. The smallest absolute Gasteiger partial charge is 0.340 e. The first kappa shape index (κ1) is 20.6. The molecule has 0 saturated carbocycles. The fraction of sp³-hybridized carbons (Fsp3) is 0.263. The molecule has 2 aromatic carbocycles.